The average Bonchev–Trinajstić information content (AvgIpc) is 2.90. The molecular weight excluding hydrogens is 482 g/mol. The predicted molar refractivity (Wildman–Crippen MR) is 132 cm³/mol. The van der Waals surface area contributed by atoms with E-state index in [-0.39, 0.29) is 43.2 Å². The van der Waals surface area contributed by atoms with Crippen molar-refractivity contribution in [3.05, 3.63) is 90.5 Å². The minimum Gasteiger partial charge on any atom is -0.457 e. The van der Waals surface area contributed by atoms with Gasteiger partial charge in [0.15, 0.2) is 0 Å². The van der Waals surface area contributed by atoms with Gasteiger partial charge in [-0.3, -0.25) is 14.8 Å². The van der Waals surface area contributed by atoms with Gasteiger partial charge >= 0.3 is 0 Å². The quantitative estimate of drug-likeness (QED) is 0.316. The molecule has 9 nitrogen and oxygen atoms in total. The van der Waals surface area contributed by atoms with E-state index < -0.39 is 21.5 Å². The van der Waals surface area contributed by atoms with Gasteiger partial charge in [-0.1, -0.05) is 36.4 Å². The van der Waals surface area contributed by atoms with Gasteiger partial charge in [0.1, 0.15) is 11.5 Å². The number of carbonyl (C=O) groups is 2. The molecule has 2 amide bonds. The average molecular weight is 510 g/mol. The Kier molecular flexibility index (Phi) is 7.68. The minimum absolute atomic E-state index is 0.00878. The Balaban J connectivity index is 1.48. The molecule has 0 bridgehead atoms. The first-order chi connectivity index (χ1) is 17.3. The highest BCUT2D eigenvalue weighted by Gasteiger charge is 2.41. The molecule has 0 aromatic heterocycles. The second-order valence-corrected chi connectivity index (χ2v) is 10.3. The molecule has 3 N–H and O–H groups in total. The molecule has 1 saturated heterocycles. The number of para-hydroxylation sites is 1. The SMILES string of the molecule is O=C(CC1(NS(=O)(=O)c2ccc(Oc3ccccc3)cc2)CCN(C(=O)c2ccccc2)CC1)NO. The van der Waals surface area contributed by atoms with Crippen LogP contribution >= 0.6 is 0 Å². The van der Waals surface area contributed by atoms with Gasteiger partial charge in [-0.05, 0) is 61.4 Å². The van der Waals surface area contributed by atoms with Gasteiger partial charge < -0.3 is 9.64 Å². The van der Waals surface area contributed by atoms with Gasteiger partial charge in [-0.25, -0.2) is 18.6 Å². The van der Waals surface area contributed by atoms with E-state index in [9.17, 15) is 18.0 Å². The summed E-state index contributed by atoms with van der Waals surface area (Å²) in [6.45, 7) is 0.498. The van der Waals surface area contributed by atoms with Crippen LogP contribution in [0.15, 0.2) is 89.8 Å². The van der Waals surface area contributed by atoms with Crippen molar-refractivity contribution in [1.82, 2.24) is 15.1 Å². The summed E-state index contributed by atoms with van der Waals surface area (Å²) in [5.41, 5.74) is 0.952. The largest absolute Gasteiger partial charge is 0.457 e. The fourth-order valence-corrected chi connectivity index (χ4v) is 5.68. The van der Waals surface area contributed by atoms with Gasteiger partial charge in [0, 0.05) is 30.6 Å². The summed E-state index contributed by atoms with van der Waals surface area (Å²) >= 11 is 0. The molecule has 0 unspecified atom stereocenters. The molecule has 0 atom stereocenters. The highest BCUT2D eigenvalue weighted by molar-refractivity contribution is 7.89. The molecule has 0 aliphatic carbocycles. The molecule has 3 aromatic carbocycles. The first-order valence-corrected chi connectivity index (χ1v) is 12.9. The Hall–Kier alpha value is -3.73. The molecule has 1 aliphatic rings. The van der Waals surface area contributed by atoms with Crippen LogP contribution in [0.4, 0.5) is 0 Å². The lowest BCUT2D eigenvalue weighted by Crippen LogP contribution is -2.57. The Labute approximate surface area is 209 Å². The maximum absolute atomic E-state index is 13.3. The Morgan fingerprint density at radius 2 is 1.42 bits per heavy atom. The number of hydrogen-bond acceptors (Lipinski definition) is 6. The van der Waals surface area contributed by atoms with Crippen molar-refractivity contribution < 1.29 is 28.0 Å². The molecule has 3 aromatic rings. The Morgan fingerprint density at radius 3 is 2.00 bits per heavy atom. The molecule has 4 rings (SSSR count). The Bertz CT molecular complexity index is 1290. The monoisotopic (exact) mass is 509 g/mol. The van der Waals surface area contributed by atoms with E-state index >= 15 is 0 Å². The number of carbonyl (C=O) groups excluding carboxylic acids is 2. The topological polar surface area (TPSA) is 125 Å². The molecule has 0 saturated carbocycles. The second-order valence-electron chi connectivity index (χ2n) is 8.64. The maximum Gasteiger partial charge on any atom is 0.253 e. The van der Waals surface area contributed by atoms with Crippen molar-refractivity contribution in [3.8, 4) is 11.5 Å². The van der Waals surface area contributed by atoms with E-state index in [0.29, 0.717) is 17.1 Å². The number of amides is 2. The summed E-state index contributed by atoms with van der Waals surface area (Å²) in [7, 11) is -4.02. The number of piperidine rings is 1. The van der Waals surface area contributed by atoms with Crippen LogP contribution in [0.25, 0.3) is 0 Å². The van der Waals surface area contributed by atoms with Crippen molar-refractivity contribution in [2.24, 2.45) is 0 Å². The van der Waals surface area contributed by atoms with Crippen molar-refractivity contribution in [3.63, 3.8) is 0 Å². The predicted octanol–water partition coefficient (Wildman–Crippen LogP) is 3.33. The molecule has 0 spiro atoms. The zero-order chi connectivity index (χ0) is 25.6. The van der Waals surface area contributed by atoms with Crippen LogP contribution in [0.1, 0.15) is 29.6 Å². The van der Waals surface area contributed by atoms with Gasteiger partial charge in [-0.2, -0.15) is 0 Å². The summed E-state index contributed by atoms with van der Waals surface area (Å²) in [5.74, 6) is 0.221. The first kappa shape index (κ1) is 25.4. The number of nitrogens with one attached hydrogen (secondary N) is 2. The van der Waals surface area contributed by atoms with Gasteiger partial charge in [-0.15, -0.1) is 0 Å². The lowest BCUT2D eigenvalue weighted by Gasteiger charge is -2.41. The Morgan fingerprint density at radius 1 is 0.861 bits per heavy atom. The fourth-order valence-electron chi connectivity index (χ4n) is 4.22. The van der Waals surface area contributed by atoms with Crippen LogP contribution in [0.2, 0.25) is 0 Å². The van der Waals surface area contributed by atoms with E-state index in [0.717, 1.165) is 0 Å². The zero-order valence-corrected chi connectivity index (χ0v) is 20.3. The highest BCUT2D eigenvalue weighted by atomic mass is 32.2. The normalized spacial score (nSPS) is 15.2. The van der Waals surface area contributed by atoms with Crippen molar-refractivity contribution in [2.75, 3.05) is 13.1 Å². The molecule has 1 aliphatic heterocycles. The number of ether oxygens (including phenoxy) is 1. The summed E-state index contributed by atoms with van der Waals surface area (Å²) < 4.78 is 34.9. The van der Waals surface area contributed by atoms with E-state index in [1.165, 1.54) is 12.1 Å². The maximum atomic E-state index is 13.3. The van der Waals surface area contributed by atoms with Crippen molar-refractivity contribution in [2.45, 2.75) is 29.7 Å². The van der Waals surface area contributed by atoms with Crippen LogP contribution in [0, 0.1) is 0 Å². The number of sulfonamides is 1. The minimum atomic E-state index is -4.02. The lowest BCUT2D eigenvalue weighted by molar-refractivity contribution is -0.131. The summed E-state index contributed by atoms with van der Waals surface area (Å²) in [6.07, 6.45) is 0.131. The van der Waals surface area contributed by atoms with Crippen LogP contribution in [0.5, 0.6) is 11.5 Å². The van der Waals surface area contributed by atoms with E-state index in [1.807, 2.05) is 24.3 Å². The van der Waals surface area contributed by atoms with E-state index in [1.54, 1.807) is 58.9 Å². The molecule has 188 valence electrons. The number of hydrogen-bond donors (Lipinski definition) is 3. The molecule has 10 heteroatoms. The third kappa shape index (κ3) is 6.09. The van der Waals surface area contributed by atoms with Crippen molar-refractivity contribution >= 4 is 21.8 Å². The lowest BCUT2D eigenvalue weighted by atomic mass is 9.85. The van der Waals surface area contributed by atoms with Gasteiger partial charge in [0.2, 0.25) is 15.9 Å². The molecule has 36 heavy (non-hydrogen) atoms. The van der Waals surface area contributed by atoms with Crippen LogP contribution < -0.4 is 14.9 Å². The van der Waals surface area contributed by atoms with E-state index in [4.69, 9.17) is 9.94 Å². The number of likely N-dealkylation sites (tertiary alicyclic amines) is 1. The summed E-state index contributed by atoms with van der Waals surface area (Å²) in [4.78, 5) is 26.5. The number of nitrogens with zero attached hydrogens (tertiary/aromatic N) is 1. The zero-order valence-electron chi connectivity index (χ0n) is 19.5. The molecule has 1 heterocycles. The van der Waals surface area contributed by atoms with Crippen LogP contribution in [0.3, 0.4) is 0 Å². The third-order valence-corrected chi connectivity index (χ3v) is 7.71. The second kappa shape index (κ2) is 10.9. The fraction of sp³-hybridized carbons (Fsp3) is 0.231. The van der Waals surface area contributed by atoms with Crippen LogP contribution in [-0.4, -0.2) is 49.0 Å². The van der Waals surface area contributed by atoms with Crippen molar-refractivity contribution in [1.29, 1.82) is 0 Å². The third-order valence-electron chi connectivity index (χ3n) is 6.12. The number of benzene rings is 3. The summed E-state index contributed by atoms with van der Waals surface area (Å²) in [5, 5.41) is 9.08. The first-order valence-electron chi connectivity index (χ1n) is 11.4. The molecular formula is C26H27N3O6S. The van der Waals surface area contributed by atoms with Gasteiger partial charge in [0.25, 0.3) is 5.91 Å². The standard InChI is InChI=1S/C26H27N3O6S/c30-24(27-32)19-26(15-17-29(18-16-26)25(31)20-7-3-1-4-8-20)28-36(33,34)23-13-11-22(12-14-23)35-21-9-5-2-6-10-21/h1-14,28,32H,15-19H2,(H,27,30). The van der Waals surface area contributed by atoms with Gasteiger partial charge in [0.05, 0.1) is 4.90 Å². The number of hydroxylamine groups is 1. The summed E-state index contributed by atoms with van der Waals surface area (Å²) in [6, 6.07) is 23.9. The molecule has 1 fully saturated rings. The van der Waals surface area contributed by atoms with Crippen LogP contribution in [-0.2, 0) is 14.8 Å². The number of rotatable bonds is 8. The molecule has 0 radical (unpaired) electrons. The van der Waals surface area contributed by atoms with E-state index in [2.05, 4.69) is 4.72 Å². The highest BCUT2D eigenvalue weighted by Crippen LogP contribution is 2.30. The smallest absolute Gasteiger partial charge is 0.253 e.